The molecule has 0 radical (unpaired) electrons. The van der Waals surface area contributed by atoms with Gasteiger partial charge in [0, 0.05) is 29.0 Å². The van der Waals surface area contributed by atoms with Crippen LogP contribution in [0.25, 0.3) is 11.1 Å². The van der Waals surface area contributed by atoms with Crippen molar-refractivity contribution in [2.75, 3.05) is 0 Å². The molecule has 0 spiro atoms. The molecule has 2 aliphatic rings. The van der Waals surface area contributed by atoms with E-state index in [1.54, 1.807) is 11.3 Å². The maximum absolute atomic E-state index is 13.9. The molecule has 5 heteroatoms. The van der Waals surface area contributed by atoms with E-state index in [2.05, 4.69) is 13.8 Å². The summed E-state index contributed by atoms with van der Waals surface area (Å²) in [6, 6.07) is 7.65. The smallest absolute Gasteiger partial charge is 0.195 e. The highest BCUT2D eigenvalue weighted by Crippen LogP contribution is 2.45. The van der Waals surface area contributed by atoms with Gasteiger partial charge in [0.2, 0.25) is 0 Å². The van der Waals surface area contributed by atoms with Crippen LogP contribution in [0.2, 0.25) is 0 Å². The molecule has 3 aromatic rings. The first kappa shape index (κ1) is 21.2. The third kappa shape index (κ3) is 3.73. The molecule has 2 aliphatic carbocycles. The average molecular weight is 448 g/mol. The van der Waals surface area contributed by atoms with Gasteiger partial charge in [-0.2, -0.15) is 11.3 Å². The lowest BCUT2D eigenvalue weighted by Gasteiger charge is -2.32. The van der Waals surface area contributed by atoms with Crippen molar-refractivity contribution in [3.05, 3.63) is 75.0 Å². The number of thiophene rings is 1. The molecule has 0 aliphatic heterocycles. The van der Waals surface area contributed by atoms with Crippen molar-refractivity contribution in [3.8, 4) is 11.1 Å². The van der Waals surface area contributed by atoms with Crippen molar-refractivity contribution >= 4 is 22.9 Å². The van der Waals surface area contributed by atoms with Crippen LogP contribution in [0.4, 0.5) is 4.39 Å². The monoisotopic (exact) mass is 447 g/mol. The second-order valence-corrected chi connectivity index (χ2v) is 10.6. The van der Waals surface area contributed by atoms with Gasteiger partial charge < -0.3 is 0 Å². The van der Waals surface area contributed by atoms with E-state index < -0.39 is 0 Å². The number of Topliss-reactive ketones (excluding diaryl/α,β-unsaturated/α-hetero) is 1. The predicted octanol–water partition coefficient (Wildman–Crippen LogP) is 6.99. The van der Waals surface area contributed by atoms with Gasteiger partial charge in [0.15, 0.2) is 11.6 Å². The zero-order valence-electron chi connectivity index (χ0n) is 18.4. The molecule has 1 fully saturated rings. The molecule has 0 unspecified atom stereocenters. The van der Waals surface area contributed by atoms with E-state index in [-0.39, 0.29) is 28.7 Å². The Bertz CT molecular complexity index is 1190. The Morgan fingerprint density at radius 1 is 1.06 bits per heavy atom. The molecule has 0 amide bonds. The lowest BCUT2D eigenvalue weighted by Crippen LogP contribution is -2.30. The Hall–Kier alpha value is -2.66. The van der Waals surface area contributed by atoms with Crippen LogP contribution in [0.15, 0.2) is 41.1 Å². The van der Waals surface area contributed by atoms with Crippen LogP contribution in [0.5, 0.6) is 0 Å². The molecule has 3 nitrogen and oxygen atoms in total. The molecule has 0 atom stereocenters. The summed E-state index contributed by atoms with van der Waals surface area (Å²) in [6.45, 7) is 4.21. The summed E-state index contributed by atoms with van der Waals surface area (Å²) in [6.07, 6.45) is 5.38. The average Bonchev–Trinajstić information content (AvgIpc) is 3.46. The van der Waals surface area contributed by atoms with Gasteiger partial charge >= 0.3 is 0 Å². The highest BCUT2D eigenvalue weighted by atomic mass is 32.1. The maximum atomic E-state index is 13.9. The van der Waals surface area contributed by atoms with Crippen molar-refractivity contribution in [3.63, 3.8) is 0 Å². The van der Waals surface area contributed by atoms with Crippen LogP contribution >= 0.6 is 11.3 Å². The van der Waals surface area contributed by atoms with Gasteiger partial charge in [-0.3, -0.25) is 14.6 Å². The summed E-state index contributed by atoms with van der Waals surface area (Å²) in [5, 5.41) is 3.98. The minimum atomic E-state index is -0.378. The van der Waals surface area contributed by atoms with E-state index in [4.69, 9.17) is 4.98 Å². The van der Waals surface area contributed by atoms with Crippen molar-refractivity contribution in [2.45, 2.75) is 58.3 Å². The first-order valence-electron chi connectivity index (χ1n) is 11.3. The summed E-state index contributed by atoms with van der Waals surface area (Å²) >= 11 is 1.55. The number of ketones is 2. The van der Waals surface area contributed by atoms with Gasteiger partial charge in [0.05, 0.1) is 17.0 Å². The van der Waals surface area contributed by atoms with Gasteiger partial charge in [0.25, 0.3) is 0 Å². The normalized spacial score (nSPS) is 18.0. The standard InChI is InChI=1S/C27H26FNO2S/c1-27(2)13-20-23(21(30)14-27)22(18-11-12-32-15-18)24(25(29-20)16-5-3-4-6-16)26(31)17-7-9-19(28)10-8-17/h7-12,15-16H,3-6,13-14H2,1-2H3. The number of hydrogen-bond donors (Lipinski definition) is 0. The third-order valence-electron chi connectivity index (χ3n) is 6.75. The highest BCUT2D eigenvalue weighted by molar-refractivity contribution is 7.08. The quantitative estimate of drug-likeness (QED) is 0.405. The number of carbonyl (C=O) groups excluding carboxylic acids is 2. The van der Waals surface area contributed by atoms with E-state index in [1.807, 2.05) is 16.8 Å². The number of fused-ring (bicyclic) bond motifs is 1. The van der Waals surface area contributed by atoms with Crippen LogP contribution in [-0.4, -0.2) is 16.6 Å². The zero-order valence-corrected chi connectivity index (χ0v) is 19.2. The Morgan fingerprint density at radius 2 is 1.78 bits per heavy atom. The Balaban J connectivity index is 1.82. The topological polar surface area (TPSA) is 47.0 Å². The first-order valence-corrected chi connectivity index (χ1v) is 12.2. The lowest BCUT2D eigenvalue weighted by atomic mass is 9.72. The molecule has 32 heavy (non-hydrogen) atoms. The third-order valence-corrected chi connectivity index (χ3v) is 7.43. The fraction of sp³-hybridized carbons (Fsp3) is 0.370. The van der Waals surface area contributed by atoms with Crippen LogP contribution in [0.1, 0.15) is 89.5 Å². The number of nitrogens with zero attached hydrogens (tertiary/aromatic N) is 1. The van der Waals surface area contributed by atoms with Gasteiger partial charge in [-0.25, -0.2) is 4.39 Å². The summed E-state index contributed by atoms with van der Waals surface area (Å²) in [5.41, 5.74) is 4.68. The van der Waals surface area contributed by atoms with Crippen molar-refractivity contribution < 1.29 is 14.0 Å². The van der Waals surface area contributed by atoms with Gasteiger partial charge in [0.1, 0.15) is 5.82 Å². The molecule has 0 bridgehead atoms. The van der Waals surface area contributed by atoms with Gasteiger partial charge in [-0.05, 0) is 71.3 Å². The largest absolute Gasteiger partial charge is 0.294 e. The molecule has 1 saturated carbocycles. The molecule has 1 aromatic carbocycles. The second-order valence-electron chi connectivity index (χ2n) is 9.84. The van der Waals surface area contributed by atoms with Crippen LogP contribution in [-0.2, 0) is 6.42 Å². The Morgan fingerprint density at radius 3 is 2.44 bits per heavy atom. The second kappa shape index (κ2) is 8.04. The van der Waals surface area contributed by atoms with Gasteiger partial charge in [-0.15, -0.1) is 0 Å². The highest BCUT2D eigenvalue weighted by Gasteiger charge is 2.38. The van der Waals surface area contributed by atoms with Crippen molar-refractivity contribution in [2.24, 2.45) is 5.41 Å². The molecule has 0 N–H and O–H groups in total. The molecule has 0 saturated heterocycles. The van der Waals surface area contributed by atoms with Crippen LogP contribution < -0.4 is 0 Å². The molecule has 164 valence electrons. The number of hydrogen-bond acceptors (Lipinski definition) is 4. The lowest BCUT2D eigenvalue weighted by molar-refractivity contribution is 0.0911. The van der Waals surface area contributed by atoms with E-state index in [0.717, 1.165) is 54.6 Å². The summed E-state index contributed by atoms with van der Waals surface area (Å²) in [4.78, 5) is 32.4. The number of aromatic nitrogens is 1. The SMILES string of the molecule is CC1(C)CC(=O)c2c(nc(C3CCCC3)c(C(=O)c3ccc(F)cc3)c2-c2ccsc2)C1. The van der Waals surface area contributed by atoms with E-state index in [9.17, 15) is 14.0 Å². The number of rotatable bonds is 4. The predicted molar refractivity (Wildman–Crippen MR) is 125 cm³/mol. The van der Waals surface area contributed by atoms with Crippen molar-refractivity contribution in [1.82, 2.24) is 4.98 Å². The fourth-order valence-electron chi connectivity index (χ4n) is 5.29. The van der Waals surface area contributed by atoms with E-state index >= 15 is 0 Å². The number of pyridine rings is 1. The van der Waals surface area contributed by atoms with E-state index in [0.29, 0.717) is 23.1 Å². The molecule has 2 aromatic heterocycles. The Labute approximate surface area is 191 Å². The van der Waals surface area contributed by atoms with Crippen LogP contribution in [0, 0.1) is 11.2 Å². The summed E-state index contributed by atoms with van der Waals surface area (Å²) < 4.78 is 13.6. The molecule has 2 heterocycles. The zero-order chi connectivity index (χ0) is 22.5. The molecule has 5 rings (SSSR count). The van der Waals surface area contributed by atoms with Gasteiger partial charge in [-0.1, -0.05) is 26.7 Å². The molecular formula is C27H26FNO2S. The fourth-order valence-corrected chi connectivity index (χ4v) is 5.93. The maximum Gasteiger partial charge on any atom is 0.195 e. The minimum absolute atomic E-state index is 0.0519. The van der Waals surface area contributed by atoms with E-state index in [1.165, 1.54) is 24.3 Å². The number of benzene rings is 1. The first-order chi connectivity index (χ1) is 15.3. The number of halogens is 1. The van der Waals surface area contributed by atoms with Crippen LogP contribution in [0.3, 0.4) is 0 Å². The summed E-state index contributed by atoms with van der Waals surface area (Å²) in [7, 11) is 0. The molecular weight excluding hydrogens is 421 g/mol. The Kier molecular flexibility index (Phi) is 5.32. The summed E-state index contributed by atoms with van der Waals surface area (Å²) in [5.74, 6) is -0.300. The van der Waals surface area contributed by atoms with Crippen molar-refractivity contribution in [1.29, 1.82) is 0 Å². The number of carbonyl (C=O) groups is 2. The minimum Gasteiger partial charge on any atom is -0.294 e.